The van der Waals surface area contributed by atoms with Gasteiger partial charge in [0.15, 0.2) is 0 Å². The van der Waals surface area contributed by atoms with Crippen molar-refractivity contribution in [1.82, 2.24) is 20.4 Å². The third-order valence-corrected chi connectivity index (χ3v) is 4.27. The van der Waals surface area contributed by atoms with E-state index >= 15 is 0 Å². The molecule has 24 heavy (non-hydrogen) atoms. The first-order valence-electron chi connectivity index (χ1n) is 8.14. The van der Waals surface area contributed by atoms with Crippen LogP contribution < -0.4 is 5.32 Å². The molecular weight excluding hydrogens is 311 g/mol. The van der Waals surface area contributed by atoms with E-state index in [-0.39, 0.29) is 17.8 Å². The van der Waals surface area contributed by atoms with Gasteiger partial charge in [-0.05, 0) is 25.5 Å². The highest BCUT2D eigenvalue weighted by molar-refractivity contribution is 5.76. The van der Waals surface area contributed by atoms with E-state index in [2.05, 4.69) is 15.5 Å². The number of benzene rings is 1. The van der Waals surface area contributed by atoms with Crippen molar-refractivity contribution in [2.45, 2.75) is 32.7 Å². The van der Waals surface area contributed by atoms with Crippen molar-refractivity contribution < 1.29 is 13.7 Å². The van der Waals surface area contributed by atoms with E-state index in [0.29, 0.717) is 35.7 Å². The van der Waals surface area contributed by atoms with Gasteiger partial charge in [-0.15, -0.1) is 0 Å². The molecule has 2 heterocycles. The Morgan fingerprint density at radius 2 is 2.33 bits per heavy atom. The number of halogens is 1. The van der Waals surface area contributed by atoms with E-state index in [1.54, 1.807) is 19.1 Å². The predicted octanol–water partition coefficient (Wildman–Crippen LogP) is 1.94. The summed E-state index contributed by atoms with van der Waals surface area (Å²) in [5, 5.41) is 7.13. The number of amides is 1. The molecule has 1 aliphatic rings. The predicted molar refractivity (Wildman–Crippen MR) is 86.8 cm³/mol. The van der Waals surface area contributed by atoms with Crippen molar-refractivity contribution in [2.24, 2.45) is 0 Å². The fourth-order valence-corrected chi connectivity index (χ4v) is 2.77. The molecule has 1 aromatic heterocycles. The van der Waals surface area contributed by atoms with Gasteiger partial charge in [0, 0.05) is 44.1 Å². The fraction of sp³-hybridized carbons (Fsp3) is 0.471. The van der Waals surface area contributed by atoms with E-state index in [1.807, 2.05) is 11.8 Å². The van der Waals surface area contributed by atoms with Crippen LogP contribution in [0.15, 0.2) is 22.7 Å². The Bertz CT molecular complexity index is 731. The topological polar surface area (TPSA) is 71.3 Å². The van der Waals surface area contributed by atoms with Crippen molar-refractivity contribution in [3.8, 4) is 11.4 Å². The maximum atomic E-state index is 13.6. The summed E-state index contributed by atoms with van der Waals surface area (Å²) in [6.07, 6.45) is 0.713. The zero-order chi connectivity index (χ0) is 17.1. The summed E-state index contributed by atoms with van der Waals surface area (Å²) in [4.78, 5) is 18.4. The largest absolute Gasteiger partial charge is 0.339 e. The molecule has 0 radical (unpaired) electrons. The molecule has 1 amide bonds. The summed E-state index contributed by atoms with van der Waals surface area (Å²) >= 11 is 0. The Hall–Kier alpha value is -2.28. The monoisotopic (exact) mass is 332 g/mol. The van der Waals surface area contributed by atoms with E-state index in [9.17, 15) is 9.18 Å². The summed E-state index contributed by atoms with van der Waals surface area (Å²) in [5.74, 6) is 0.515. The first-order chi connectivity index (χ1) is 11.5. The Balaban J connectivity index is 1.61. The molecule has 1 atom stereocenters. The van der Waals surface area contributed by atoms with Crippen LogP contribution in [0, 0.1) is 12.7 Å². The summed E-state index contributed by atoms with van der Waals surface area (Å²) < 4.78 is 18.8. The number of nitrogens with zero attached hydrogens (tertiary/aromatic N) is 3. The van der Waals surface area contributed by atoms with Crippen LogP contribution in [0.1, 0.15) is 24.8 Å². The van der Waals surface area contributed by atoms with Gasteiger partial charge in [0.1, 0.15) is 5.82 Å². The van der Waals surface area contributed by atoms with Gasteiger partial charge in [0.05, 0.1) is 0 Å². The van der Waals surface area contributed by atoms with E-state index in [1.165, 1.54) is 6.07 Å². The molecule has 0 aliphatic carbocycles. The number of aryl methyl sites for hydroxylation is 2. The van der Waals surface area contributed by atoms with Gasteiger partial charge in [-0.25, -0.2) is 4.39 Å². The Labute approximate surface area is 140 Å². The average molecular weight is 332 g/mol. The first kappa shape index (κ1) is 16.6. The number of piperazine rings is 1. The SMILES string of the molecule is Cc1ccc(-c2noc(CCC(=O)N3CCNC[C@H]3C)n2)cc1F. The molecule has 0 bridgehead atoms. The van der Waals surface area contributed by atoms with Gasteiger partial charge in [-0.3, -0.25) is 4.79 Å². The lowest BCUT2D eigenvalue weighted by molar-refractivity contribution is -0.134. The number of rotatable bonds is 4. The van der Waals surface area contributed by atoms with Gasteiger partial charge in [0.2, 0.25) is 17.6 Å². The molecule has 0 saturated carbocycles. The first-order valence-corrected chi connectivity index (χ1v) is 8.14. The van der Waals surface area contributed by atoms with Gasteiger partial charge < -0.3 is 14.7 Å². The lowest BCUT2D eigenvalue weighted by atomic mass is 10.1. The van der Waals surface area contributed by atoms with E-state index in [0.717, 1.165) is 19.6 Å². The lowest BCUT2D eigenvalue weighted by Gasteiger charge is -2.34. The number of nitrogens with one attached hydrogen (secondary N) is 1. The molecule has 7 heteroatoms. The van der Waals surface area contributed by atoms with E-state index in [4.69, 9.17) is 4.52 Å². The van der Waals surface area contributed by atoms with Crippen molar-refractivity contribution in [3.63, 3.8) is 0 Å². The van der Waals surface area contributed by atoms with Crippen LogP contribution >= 0.6 is 0 Å². The smallest absolute Gasteiger partial charge is 0.227 e. The number of carbonyl (C=O) groups is 1. The third-order valence-electron chi connectivity index (χ3n) is 4.27. The quantitative estimate of drug-likeness (QED) is 0.926. The summed E-state index contributed by atoms with van der Waals surface area (Å²) in [6.45, 7) is 6.08. The Morgan fingerprint density at radius 3 is 3.08 bits per heavy atom. The maximum absolute atomic E-state index is 13.6. The van der Waals surface area contributed by atoms with Crippen molar-refractivity contribution in [1.29, 1.82) is 0 Å². The van der Waals surface area contributed by atoms with Gasteiger partial charge in [0.25, 0.3) is 0 Å². The second-order valence-corrected chi connectivity index (χ2v) is 6.12. The van der Waals surface area contributed by atoms with Crippen molar-refractivity contribution in [2.75, 3.05) is 19.6 Å². The van der Waals surface area contributed by atoms with Crippen LogP contribution in [0.25, 0.3) is 11.4 Å². The van der Waals surface area contributed by atoms with Crippen LogP contribution in [0.3, 0.4) is 0 Å². The molecule has 1 aliphatic heterocycles. The summed E-state index contributed by atoms with van der Waals surface area (Å²) in [5.41, 5.74) is 1.13. The zero-order valence-electron chi connectivity index (χ0n) is 13.9. The van der Waals surface area contributed by atoms with Gasteiger partial charge in [-0.2, -0.15) is 4.98 Å². The molecule has 2 aromatic rings. The Kier molecular flexibility index (Phi) is 4.89. The van der Waals surface area contributed by atoms with Crippen LogP contribution in [-0.4, -0.2) is 46.6 Å². The van der Waals surface area contributed by atoms with Crippen LogP contribution in [0.5, 0.6) is 0 Å². The van der Waals surface area contributed by atoms with Gasteiger partial charge >= 0.3 is 0 Å². The Morgan fingerprint density at radius 1 is 1.50 bits per heavy atom. The van der Waals surface area contributed by atoms with Crippen LogP contribution in [-0.2, 0) is 11.2 Å². The summed E-state index contributed by atoms with van der Waals surface area (Å²) in [6, 6.07) is 5.01. The average Bonchev–Trinajstić information content (AvgIpc) is 3.04. The number of hydrogen-bond donors (Lipinski definition) is 1. The third kappa shape index (κ3) is 3.62. The molecule has 3 rings (SSSR count). The maximum Gasteiger partial charge on any atom is 0.227 e. The molecular formula is C17H21FN4O2. The molecule has 1 aromatic carbocycles. The minimum atomic E-state index is -0.304. The number of aromatic nitrogens is 2. The molecule has 1 N–H and O–H groups in total. The highest BCUT2D eigenvalue weighted by Gasteiger charge is 2.23. The van der Waals surface area contributed by atoms with Gasteiger partial charge in [-0.1, -0.05) is 17.3 Å². The van der Waals surface area contributed by atoms with E-state index < -0.39 is 0 Å². The molecule has 1 fully saturated rings. The molecule has 0 unspecified atom stereocenters. The molecule has 6 nitrogen and oxygen atoms in total. The number of carbonyl (C=O) groups excluding carboxylic acids is 1. The minimum Gasteiger partial charge on any atom is -0.339 e. The summed E-state index contributed by atoms with van der Waals surface area (Å²) in [7, 11) is 0. The van der Waals surface area contributed by atoms with Crippen molar-refractivity contribution in [3.05, 3.63) is 35.5 Å². The standard InChI is InChI=1S/C17H21FN4O2/c1-11-3-4-13(9-14(11)18)17-20-15(24-21-17)5-6-16(23)22-8-7-19-10-12(22)2/h3-4,9,12,19H,5-8,10H2,1-2H3/t12-/m1/s1. The van der Waals surface area contributed by atoms with Crippen LogP contribution in [0.4, 0.5) is 4.39 Å². The second kappa shape index (κ2) is 7.09. The zero-order valence-corrected chi connectivity index (χ0v) is 13.9. The highest BCUT2D eigenvalue weighted by atomic mass is 19.1. The van der Waals surface area contributed by atoms with Crippen LogP contribution in [0.2, 0.25) is 0 Å². The number of hydrogen-bond acceptors (Lipinski definition) is 5. The highest BCUT2D eigenvalue weighted by Crippen LogP contribution is 2.19. The molecule has 128 valence electrons. The fourth-order valence-electron chi connectivity index (χ4n) is 2.77. The molecule has 1 saturated heterocycles. The molecule has 0 spiro atoms. The lowest BCUT2D eigenvalue weighted by Crippen LogP contribution is -2.52. The minimum absolute atomic E-state index is 0.0881. The van der Waals surface area contributed by atoms with Crippen molar-refractivity contribution >= 4 is 5.91 Å². The second-order valence-electron chi connectivity index (χ2n) is 6.12. The normalized spacial score (nSPS) is 18.0.